The van der Waals surface area contributed by atoms with Crippen molar-refractivity contribution in [2.75, 3.05) is 13.1 Å². The van der Waals surface area contributed by atoms with E-state index in [-0.39, 0.29) is 28.5 Å². The Morgan fingerprint density at radius 3 is 2.67 bits per heavy atom. The average Bonchev–Trinajstić information content (AvgIpc) is 2.40. The summed E-state index contributed by atoms with van der Waals surface area (Å²) in [4.78, 5) is 13.8. The van der Waals surface area contributed by atoms with Gasteiger partial charge in [0.15, 0.2) is 0 Å². The van der Waals surface area contributed by atoms with E-state index in [9.17, 15) is 18.0 Å². The van der Waals surface area contributed by atoms with Crippen molar-refractivity contribution in [2.45, 2.75) is 25.6 Å². The van der Waals surface area contributed by atoms with Crippen LogP contribution < -0.4 is 5.73 Å². The Morgan fingerprint density at radius 2 is 2.10 bits per heavy atom. The van der Waals surface area contributed by atoms with Crippen molar-refractivity contribution in [3.05, 3.63) is 33.8 Å². The molecule has 2 N–H and O–H groups in total. The van der Waals surface area contributed by atoms with E-state index in [4.69, 9.17) is 5.73 Å². The molecule has 1 fully saturated rings. The van der Waals surface area contributed by atoms with E-state index < -0.39 is 17.6 Å². The van der Waals surface area contributed by atoms with E-state index in [0.29, 0.717) is 13.0 Å². The number of benzene rings is 1. The van der Waals surface area contributed by atoms with Crippen LogP contribution in [0.15, 0.2) is 22.7 Å². The van der Waals surface area contributed by atoms with Gasteiger partial charge in [0.05, 0.1) is 11.1 Å². The number of carbonyl (C=O) groups is 1. The molecule has 1 amide bonds. The second-order valence-corrected chi connectivity index (χ2v) is 6.28. The topological polar surface area (TPSA) is 46.3 Å². The third kappa shape index (κ3) is 3.58. The molecule has 0 radical (unpaired) electrons. The summed E-state index contributed by atoms with van der Waals surface area (Å²) in [5.41, 5.74) is 4.66. The fourth-order valence-corrected chi connectivity index (χ4v) is 2.75. The fraction of sp³-hybridized carbons (Fsp3) is 0.500. The molecule has 3 nitrogen and oxygen atoms in total. The number of piperidine rings is 1. The van der Waals surface area contributed by atoms with Gasteiger partial charge in [0.25, 0.3) is 5.91 Å². The van der Waals surface area contributed by atoms with Crippen molar-refractivity contribution in [3.8, 4) is 0 Å². The molecule has 1 aliphatic rings. The van der Waals surface area contributed by atoms with Crippen LogP contribution in [0.1, 0.15) is 29.3 Å². The number of rotatable bonds is 1. The third-order valence-electron chi connectivity index (χ3n) is 3.82. The highest BCUT2D eigenvalue weighted by Gasteiger charge is 2.37. The van der Waals surface area contributed by atoms with Crippen molar-refractivity contribution in [1.82, 2.24) is 4.90 Å². The molecule has 116 valence electrons. The molecule has 1 aromatic rings. The predicted molar refractivity (Wildman–Crippen MR) is 76.8 cm³/mol. The van der Waals surface area contributed by atoms with E-state index in [1.807, 2.05) is 6.92 Å². The zero-order valence-electron chi connectivity index (χ0n) is 11.5. The normalized spacial score (nSPS) is 23.2. The van der Waals surface area contributed by atoms with Crippen LogP contribution in [0.3, 0.4) is 0 Å². The largest absolute Gasteiger partial charge is 0.417 e. The summed E-state index contributed by atoms with van der Waals surface area (Å²) < 4.78 is 39.5. The van der Waals surface area contributed by atoms with Gasteiger partial charge in [0, 0.05) is 23.6 Å². The summed E-state index contributed by atoms with van der Waals surface area (Å²) in [6.45, 7) is 2.70. The van der Waals surface area contributed by atoms with Gasteiger partial charge >= 0.3 is 6.18 Å². The van der Waals surface area contributed by atoms with Crippen LogP contribution in [-0.2, 0) is 6.18 Å². The zero-order valence-corrected chi connectivity index (χ0v) is 13.0. The van der Waals surface area contributed by atoms with Crippen LogP contribution in [0.5, 0.6) is 0 Å². The van der Waals surface area contributed by atoms with Gasteiger partial charge in [-0.25, -0.2) is 0 Å². The minimum absolute atomic E-state index is 0.201. The van der Waals surface area contributed by atoms with Crippen LogP contribution in [0.2, 0.25) is 0 Å². The minimum atomic E-state index is -4.57. The van der Waals surface area contributed by atoms with Gasteiger partial charge in [-0.2, -0.15) is 13.2 Å². The summed E-state index contributed by atoms with van der Waals surface area (Å²) >= 11 is 3.01. The highest BCUT2D eigenvalue weighted by molar-refractivity contribution is 9.10. The lowest BCUT2D eigenvalue weighted by atomic mass is 9.93. The van der Waals surface area contributed by atoms with Crippen molar-refractivity contribution in [3.63, 3.8) is 0 Å². The van der Waals surface area contributed by atoms with Crippen LogP contribution in [0.25, 0.3) is 0 Å². The fourth-order valence-electron chi connectivity index (χ4n) is 2.39. The summed E-state index contributed by atoms with van der Waals surface area (Å²) in [6.07, 6.45) is -3.87. The first-order chi connectivity index (χ1) is 9.70. The molecule has 7 heteroatoms. The SMILES string of the molecule is CC1CCN(C(=O)c2ccc(Br)cc2C(F)(F)F)CC1N. The molecular weight excluding hydrogens is 349 g/mol. The minimum Gasteiger partial charge on any atom is -0.337 e. The van der Waals surface area contributed by atoms with Crippen LogP contribution in [0, 0.1) is 5.92 Å². The van der Waals surface area contributed by atoms with E-state index in [2.05, 4.69) is 15.9 Å². The number of amides is 1. The zero-order chi connectivity index (χ0) is 15.8. The lowest BCUT2D eigenvalue weighted by Crippen LogP contribution is -2.50. The third-order valence-corrected chi connectivity index (χ3v) is 4.31. The highest BCUT2D eigenvalue weighted by Crippen LogP contribution is 2.34. The molecule has 0 bridgehead atoms. The van der Waals surface area contributed by atoms with Crippen LogP contribution in [-0.4, -0.2) is 29.9 Å². The summed E-state index contributed by atoms with van der Waals surface area (Å²) in [7, 11) is 0. The molecule has 0 saturated carbocycles. The Labute approximate surface area is 129 Å². The van der Waals surface area contributed by atoms with Crippen molar-refractivity contribution in [1.29, 1.82) is 0 Å². The van der Waals surface area contributed by atoms with Crippen molar-refractivity contribution in [2.24, 2.45) is 11.7 Å². The van der Waals surface area contributed by atoms with Gasteiger partial charge in [0.1, 0.15) is 0 Å². The molecule has 0 spiro atoms. The number of nitrogens with two attached hydrogens (primary N) is 1. The van der Waals surface area contributed by atoms with Gasteiger partial charge in [-0.1, -0.05) is 22.9 Å². The molecule has 1 aliphatic heterocycles. The maximum Gasteiger partial charge on any atom is 0.417 e. The molecular formula is C14H16BrF3N2O. The lowest BCUT2D eigenvalue weighted by molar-refractivity contribution is -0.138. The molecule has 0 aromatic heterocycles. The van der Waals surface area contributed by atoms with Crippen molar-refractivity contribution >= 4 is 21.8 Å². The molecule has 2 atom stereocenters. The van der Waals surface area contributed by atoms with Gasteiger partial charge < -0.3 is 10.6 Å². The first-order valence-corrected chi connectivity index (χ1v) is 7.41. The van der Waals surface area contributed by atoms with Crippen molar-refractivity contribution < 1.29 is 18.0 Å². The number of hydrogen-bond acceptors (Lipinski definition) is 2. The van der Waals surface area contributed by atoms with Crippen LogP contribution >= 0.6 is 15.9 Å². The first-order valence-electron chi connectivity index (χ1n) is 6.61. The Bertz CT molecular complexity index is 548. The molecule has 1 heterocycles. The van der Waals surface area contributed by atoms with E-state index in [1.165, 1.54) is 17.0 Å². The summed E-state index contributed by atoms with van der Waals surface area (Å²) in [5.74, 6) is -0.349. The Kier molecular flexibility index (Phi) is 4.63. The van der Waals surface area contributed by atoms with E-state index >= 15 is 0 Å². The molecule has 1 aromatic carbocycles. The second-order valence-electron chi connectivity index (χ2n) is 5.37. The highest BCUT2D eigenvalue weighted by atomic mass is 79.9. The second kappa shape index (κ2) is 5.96. The van der Waals surface area contributed by atoms with E-state index in [1.54, 1.807) is 0 Å². The summed E-state index contributed by atoms with van der Waals surface area (Å²) in [5, 5.41) is 0. The predicted octanol–water partition coefficient (Wildman–Crippen LogP) is 3.28. The van der Waals surface area contributed by atoms with Gasteiger partial charge in [-0.3, -0.25) is 4.79 Å². The molecule has 2 unspecified atom stereocenters. The maximum absolute atomic E-state index is 13.1. The maximum atomic E-state index is 13.1. The van der Waals surface area contributed by atoms with Gasteiger partial charge in [-0.15, -0.1) is 0 Å². The lowest BCUT2D eigenvalue weighted by Gasteiger charge is -2.35. The quantitative estimate of drug-likeness (QED) is 0.830. The number of hydrogen-bond donors (Lipinski definition) is 1. The smallest absolute Gasteiger partial charge is 0.337 e. The molecule has 2 rings (SSSR count). The first kappa shape index (κ1) is 16.3. The van der Waals surface area contributed by atoms with Crippen LogP contribution in [0.4, 0.5) is 13.2 Å². The van der Waals surface area contributed by atoms with Gasteiger partial charge in [0.2, 0.25) is 0 Å². The Hall–Kier alpha value is -1.08. The average molecular weight is 365 g/mol. The standard InChI is InChI=1S/C14H16BrF3N2O/c1-8-4-5-20(7-12(8)19)13(21)10-3-2-9(15)6-11(10)14(16,17)18/h2-3,6,8,12H,4-5,7,19H2,1H3. The van der Waals surface area contributed by atoms with E-state index in [0.717, 1.165) is 6.07 Å². The summed E-state index contributed by atoms with van der Waals surface area (Å²) in [6, 6.07) is 3.38. The number of carbonyl (C=O) groups excluding carboxylic acids is 1. The Morgan fingerprint density at radius 1 is 1.43 bits per heavy atom. The monoisotopic (exact) mass is 364 g/mol. The number of likely N-dealkylation sites (tertiary alicyclic amines) is 1. The van der Waals surface area contributed by atoms with Gasteiger partial charge in [-0.05, 0) is 30.5 Å². The molecule has 1 saturated heterocycles. The number of alkyl halides is 3. The Balaban J connectivity index is 2.32. The number of nitrogens with zero attached hydrogens (tertiary/aromatic N) is 1. The molecule has 21 heavy (non-hydrogen) atoms. The number of halogens is 4. The molecule has 0 aliphatic carbocycles.